The van der Waals surface area contributed by atoms with Gasteiger partial charge in [0.2, 0.25) is 5.71 Å². The number of nitrogens with one attached hydrogen (secondary N) is 1. The Morgan fingerprint density at radius 3 is 2.70 bits per heavy atom. The molecule has 0 aliphatic carbocycles. The van der Waals surface area contributed by atoms with Crippen molar-refractivity contribution in [2.24, 2.45) is 13.0 Å². The van der Waals surface area contributed by atoms with Gasteiger partial charge in [-0.25, -0.2) is 4.98 Å². The first kappa shape index (κ1) is 19.6. The van der Waals surface area contributed by atoms with Crippen molar-refractivity contribution in [3.63, 3.8) is 0 Å². The zero-order chi connectivity index (χ0) is 19.6. The summed E-state index contributed by atoms with van der Waals surface area (Å²) in [4.78, 5) is 31.8. The number of hydrogen-bond donors (Lipinski definition) is 1. The lowest BCUT2D eigenvalue weighted by atomic mass is 10.0. The Labute approximate surface area is 158 Å². The summed E-state index contributed by atoms with van der Waals surface area (Å²) in [7, 11) is 1.61. The molecule has 8 nitrogen and oxygen atoms in total. The fourth-order valence-corrected chi connectivity index (χ4v) is 3.61. The van der Waals surface area contributed by atoms with Gasteiger partial charge in [-0.3, -0.25) is 14.5 Å². The first-order valence-electron chi connectivity index (χ1n) is 9.43. The highest BCUT2D eigenvalue weighted by Crippen LogP contribution is 2.21. The van der Waals surface area contributed by atoms with E-state index in [1.165, 1.54) is 10.9 Å². The average Bonchev–Trinajstić information content (AvgIpc) is 2.99. The van der Waals surface area contributed by atoms with Crippen LogP contribution in [-0.4, -0.2) is 59.2 Å². The molecule has 1 amide bonds. The van der Waals surface area contributed by atoms with Crippen LogP contribution in [0.5, 0.6) is 0 Å². The lowest BCUT2D eigenvalue weighted by Gasteiger charge is -2.35. The van der Waals surface area contributed by atoms with Crippen LogP contribution in [0.2, 0.25) is 0 Å². The van der Waals surface area contributed by atoms with Crippen LogP contribution in [0.4, 0.5) is 0 Å². The third-order valence-corrected chi connectivity index (χ3v) is 4.98. The van der Waals surface area contributed by atoms with Gasteiger partial charge in [0.15, 0.2) is 0 Å². The molecule has 3 heterocycles. The number of fused-ring (bicyclic) bond motifs is 1. The second-order valence-electron chi connectivity index (χ2n) is 7.52. The Hall–Kier alpha value is -2.19. The van der Waals surface area contributed by atoms with Crippen LogP contribution in [0.15, 0.2) is 15.5 Å². The van der Waals surface area contributed by atoms with Crippen LogP contribution in [0, 0.1) is 12.8 Å². The zero-order valence-electron chi connectivity index (χ0n) is 16.4. The van der Waals surface area contributed by atoms with Crippen molar-refractivity contribution >= 4 is 17.0 Å². The largest absolute Gasteiger partial charge is 0.442 e. The van der Waals surface area contributed by atoms with Gasteiger partial charge in [-0.1, -0.05) is 13.8 Å². The summed E-state index contributed by atoms with van der Waals surface area (Å²) in [6, 6.07) is 0.234. The number of carbonyl (C=O) groups excluding carboxylic acids is 1. The molecule has 0 spiro atoms. The number of hydrogen-bond acceptors (Lipinski definition) is 6. The molecule has 2 aromatic heterocycles. The Bertz CT molecular complexity index is 864. The van der Waals surface area contributed by atoms with Crippen molar-refractivity contribution in [3.05, 3.63) is 28.0 Å². The Morgan fingerprint density at radius 2 is 2.04 bits per heavy atom. The number of furan rings is 1. The van der Waals surface area contributed by atoms with Crippen LogP contribution in [0.25, 0.3) is 11.1 Å². The average molecular weight is 376 g/mol. The minimum Gasteiger partial charge on any atom is -0.442 e. The maximum absolute atomic E-state index is 12.9. The fraction of sp³-hybridized carbons (Fsp3) is 0.632. The van der Waals surface area contributed by atoms with E-state index in [1.807, 2.05) is 0 Å². The molecule has 1 unspecified atom stereocenters. The summed E-state index contributed by atoms with van der Waals surface area (Å²) < 4.78 is 12.3. The molecule has 8 heteroatoms. The van der Waals surface area contributed by atoms with Gasteiger partial charge in [0, 0.05) is 32.7 Å². The van der Waals surface area contributed by atoms with E-state index in [4.69, 9.17) is 9.15 Å². The number of nitrogens with zero attached hydrogens (tertiary/aromatic N) is 3. The fourth-order valence-electron chi connectivity index (χ4n) is 3.61. The van der Waals surface area contributed by atoms with Crippen molar-refractivity contribution in [2.45, 2.75) is 33.2 Å². The summed E-state index contributed by atoms with van der Waals surface area (Å²) >= 11 is 0. The molecule has 27 heavy (non-hydrogen) atoms. The Morgan fingerprint density at radius 1 is 1.33 bits per heavy atom. The first-order valence-corrected chi connectivity index (χ1v) is 9.43. The number of aryl methyl sites for hydroxylation is 2. The van der Waals surface area contributed by atoms with E-state index in [9.17, 15) is 9.59 Å². The molecular formula is C19H28N4O4. The zero-order valence-corrected chi connectivity index (χ0v) is 16.4. The Kier molecular flexibility index (Phi) is 5.96. The van der Waals surface area contributed by atoms with Crippen LogP contribution < -0.4 is 10.9 Å². The highest BCUT2D eigenvalue weighted by atomic mass is 16.5. The standard InChI is InChI=1S/C19H28N4O4/c1-12(2)9-14(23-5-7-26-8-6-23)10-20-17(24)15-13(3)27-18-16(15)19(25)22(4)11-21-18/h11-12,14H,5-10H2,1-4H3,(H,20,24). The smallest absolute Gasteiger partial charge is 0.265 e. The van der Waals surface area contributed by atoms with Crippen LogP contribution in [0.3, 0.4) is 0 Å². The third-order valence-electron chi connectivity index (χ3n) is 4.98. The molecule has 1 fully saturated rings. The number of amides is 1. The normalized spacial score (nSPS) is 16.8. The molecule has 3 rings (SSSR count). The molecule has 0 saturated carbocycles. The second kappa shape index (κ2) is 8.22. The van der Waals surface area contributed by atoms with Crippen molar-refractivity contribution < 1.29 is 13.9 Å². The number of rotatable bonds is 6. The number of morpholine rings is 1. The predicted molar refractivity (Wildman–Crippen MR) is 102 cm³/mol. The molecule has 0 bridgehead atoms. The van der Waals surface area contributed by atoms with Gasteiger partial charge < -0.3 is 19.0 Å². The van der Waals surface area contributed by atoms with Crippen molar-refractivity contribution in [1.82, 2.24) is 19.8 Å². The number of carbonyl (C=O) groups is 1. The highest BCUT2D eigenvalue weighted by Gasteiger charge is 2.26. The molecule has 1 aliphatic heterocycles. The maximum atomic E-state index is 12.9. The van der Waals surface area contributed by atoms with Gasteiger partial charge in [-0.05, 0) is 19.3 Å². The minimum atomic E-state index is -0.293. The summed E-state index contributed by atoms with van der Waals surface area (Å²) in [5, 5.41) is 3.25. The molecule has 0 radical (unpaired) electrons. The number of ether oxygens (including phenoxy) is 1. The van der Waals surface area contributed by atoms with E-state index < -0.39 is 0 Å². The van der Waals surface area contributed by atoms with Crippen molar-refractivity contribution in [2.75, 3.05) is 32.8 Å². The summed E-state index contributed by atoms with van der Waals surface area (Å²) in [5.41, 5.74) is 0.200. The van der Waals surface area contributed by atoms with Gasteiger partial charge in [-0.2, -0.15) is 0 Å². The molecular weight excluding hydrogens is 348 g/mol. The van der Waals surface area contributed by atoms with Gasteiger partial charge >= 0.3 is 0 Å². The highest BCUT2D eigenvalue weighted by molar-refractivity contribution is 6.06. The topological polar surface area (TPSA) is 89.6 Å². The SMILES string of the molecule is Cc1oc2ncn(C)c(=O)c2c1C(=O)NCC(CC(C)C)N1CCOCC1. The molecule has 1 N–H and O–H groups in total. The molecule has 1 saturated heterocycles. The van der Waals surface area contributed by atoms with Crippen LogP contribution in [0.1, 0.15) is 36.4 Å². The molecule has 2 aromatic rings. The summed E-state index contributed by atoms with van der Waals surface area (Å²) in [6.45, 7) is 9.73. The van der Waals surface area contributed by atoms with E-state index in [0.717, 1.165) is 32.7 Å². The quantitative estimate of drug-likeness (QED) is 0.818. The van der Waals surface area contributed by atoms with E-state index in [0.29, 0.717) is 18.2 Å². The molecule has 148 valence electrons. The van der Waals surface area contributed by atoms with Crippen molar-refractivity contribution in [3.8, 4) is 0 Å². The van der Waals surface area contributed by atoms with Crippen molar-refractivity contribution in [1.29, 1.82) is 0 Å². The monoisotopic (exact) mass is 376 g/mol. The summed E-state index contributed by atoms with van der Waals surface area (Å²) in [5.74, 6) is 0.631. The minimum absolute atomic E-state index is 0.202. The summed E-state index contributed by atoms with van der Waals surface area (Å²) in [6.07, 6.45) is 2.38. The maximum Gasteiger partial charge on any atom is 0.265 e. The predicted octanol–water partition coefficient (Wildman–Crippen LogP) is 1.31. The van der Waals surface area contributed by atoms with Crippen LogP contribution in [-0.2, 0) is 11.8 Å². The Balaban J connectivity index is 1.79. The molecule has 1 aliphatic rings. The van der Waals surface area contributed by atoms with E-state index in [2.05, 4.69) is 29.0 Å². The number of aromatic nitrogens is 2. The molecule has 1 atom stereocenters. The van der Waals surface area contributed by atoms with E-state index >= 15 is 0 Å². The van der Waals surface area contributed by atoms with E-state index in [-0.39, 0.29) is 34.2 Å². The van der Waals surface area contributed by atoms with Crippen LogP contribution >= 0.6 is 0 Å². The molecule has 0 aromatic carbocycles. The van der Waals surface area contributed by atoms with E-state index in [1.54, 1.807) is 14.0 Å². The van der Waals surface area contributed by atoms with Gasteiger partial charge in [-0.15, -0.1) is 0 Å². The lowest BCUT2D eigenvalue weighted by molar-refractivity contribution is 0.0124. The van der Waals surface area contributed by atoms with Gasteiger partial charge in [0.25, 0.3) is 11.5 Å². The second-order valence-corrected chi connectivity index (χ2v) is 7.52. The van der Waals surface area contributed by atoms with Gasteiger partial charge in [0.05, 0.1) is 18.8 Å². The third kappa shape index (κ3) is 4.22. The van der Waals surface area contributed by atoms with Gasteiger partial charge in [0.1, 0.15) is 17.5 Å². The lowest BCUT2D eigenvalue weighted by Crippen LogP contribution is -2.49. The first-order chi connectivity index (χ1) is 12.9.